The summed E-state index contributed by atoms with van der Waals surface area (Å²) in [5.41, 5.74) is 10.1. The van der Waals surface area contributed by atoms with Crippen LogP contribution in [0.15, 0.2) is 47.1 Å². The minimum atomic E-state index is -0.365. The van der Waals surface area contributed by atoms with Crippen molar-refractivity contribution in [2.75, 3.05) is 19.0 Å². The molecule has 0 saturated heterocycles. The summed E-state index contributed by atoms with van der Waals surface area (Å²) in [6.45, 7) is 4.01. The first-order valence-electron chi connectivity index (χ1n) is 8.69. The van der Waals surface area contributed by atoms with Crippen molar-refractivity contribution in [2.45, 2.75) is 20.3 Å². The van der Waals surface area contributed by atoms with Crippen molar-refractivity contribution in [1.29, 1.82) is 0 Å². The van der Waals surface area contributed by atoms with Gasteiger partial charge in [-0.05, 0) is 43.2 Å². The molecule has 2 N–H and O–H groups in total. The lowest BCUT2D eigenvalue weighted by molar-refractivity contribution is -0.121. The molecule has 0 aliphatic rings. The highest BCUT2D eigenvalue weighted by atomic mass is 16.3. The molecule has 0 unspecified atom stereocenters. The normalized spacial score (nSPS) is 10.7. The molecular formula is C21H23N3O3. The van der Waals surface area contributed by atoms with Crippen LogP contribution < -0.4 is 15.8 Å². The van der Waals surface area contributed by atoms with Crippen molar-refractivity contribution in [2.24, 2.45) is 0 Å². The third-order valence-electron chi connectivity index (χ3n) is 4.63. The molecule has 0 saturated carbocycles. The van der Waals surface area contributed by atoms with Gasteiger partial charge in [-0.2, -0.15) is 0 Å². The van der Waals surface area contributed by atoms with Crippen molar-refractivity contribution in [1.82, 2.24) is 10.9 Å². The van der Waals surface area contributed by atoms with Gasteiger partial charge in [0.05, 0.1) is 12.7 Å². The molecule has 3 rings (SSSR count). The van der Waals surface area contributed by atoms with Gasteiger partial charge < -0.3 is 9.32 Å². The van der Waals surface area contributed by atoms with Crippen LogP contribution >= 0.6 is 0 Å². The summed E-state index contributed by atoms with van der Waals surface area (Å²) >= 11 is 0. The molecule has 140 valence electrons. The van der Waals surface area contributed by atoms with Crippen LogP contribution in [-0.2, 0) is 11.2 Å². The van der Waals surface area contributed by atoms with E-state index in [1.807, 2.05) is 51.0 Å². The summed E-state index contributed by atoms with van der Waals surface area (Å²) in [6, 6.07) is 11.1. The van der Waals surface area contributed by atoms with Gasteiger partial charge >= 0.3 is 0 Å². The summed E-state index contributed by atoms with van der Waals surface area (Å²) in [4.78, 5) is 26.4. The lowest BCUT2D eigenvalue weighted by Gasteiger charge is -2.13. The minimum Gasteiger partial charge on any atom is -0.464 e. The fourth-order valence-electron chi connectivity index (χ4n) is 2.87. The van der Waals surface area contributed by atoms with Gasteiger partial charge in [0.15, 0.2) is 0 Å². The zero-order valence-corrected chi connectivity index (χ0v) is 15.9. The second kappa shape index (κ2) is 7.53. The monoisotopic (exact) mass is 365 g/mol. The van der Waals surface area contributed by atoms with Crippen LogP contribution in [0.3, 0.4) is 0 Å². The Bertz CT molecular complexity index is 1010. The van der Waals surface area contributed by atoms with Gasteiger partial charge in [-0.3, -0.25) is 20.4 Å². The molecule has 0 aliphatic heterocycles. The minimum absolute atomic E-state index is 0.119. The van der Waals surface area contributed by atoms with E-state index in [0.717, 1.165) is 33.3 Å². The van der Waals surface area contributed by atoms with Crippen LogP contribution in [-0.4, -0.2) is 25.9 Å². The van der Waals surface area contributed by atoms with Crippen molar-refractivity contribution < 1.29 is 14.0 Å². The SMILES string of the molecule is Cc1ccc2c(CC(=O)NNC(=O)c3cccc(N(C)C)c3)coc2c1C. The first-order valence-corrected chi connectivity index (χ1v) is 8.69. The van der Waals surface area contributed by atoms with Gasteiger partial charge in [0, 0.05) is 36.3 Å². The van der Waals surface area contributed by atoms with E-state index in [9.17, 15) is 9.59 Å². The molecule has 1 heterocycles. The molecule has 1 aromatic heterocycles. The maximum atomic E-state index is 12.3. The van der Waals surface area contributed by atoms with E-state index in [0.29, 0.717) is 5.56 Å². The van der Waals surface area contributed by atoms with E-state index in [2.05, 4.69) is 10.9 Å². The van der Waals surface area contributed by atoms with Crippen molar-refractivity contribution in [3.05, 3.63) is 64.9 Å². The number of carbonyl (C=O) groups is 2. The largest absolute Gasteiger partial charge is 0.464 e. The summed E-state index contributed by atoms with van der Waals surface area (Å²) in [5, 5.41) is 0.915. The van der Waals surface area contributed by atoms with Gasteiger partial charge in [-0.25, -0.2) is 0 Å². The first-order chi connectivity index (χ1) is 12.9. The molecular weight excluding hydrogens is 342 g/mol. The Kier molecular flexibility index (Phi) is 5.16. The second-order valence-corrected chi connectivity index (χ2v) is 6.77. The predicted octanol–water partition coefficient (Wildman–Crippen LogP) is 3.12. The maximum absolute atomic E-state index is 12.3. The Balaban J connectivity index is 1.64. The number of hydrazine groups is 1. The summed E-state index contributed by atoms with van der Waals surface area (Å²) in [5.74, 6) is -0.677. The van der Waals surface area contributed by atoms with E-state index in [-0.39, 0.29) is 18.2 Å². The lowest BCUT2D eigenvalue weighted by Crippen LogP contribution is -2.42. The molecule has 0 aliphatic carbocycles. The Hall–Kier alpha value is -3.28. The van der Waals surface area contributed by atoms with Crippen LogP contribution in [0.25, 0.3) is 11.0 Å². The van der Waals surface area contributed by atoms with E-state index in [4.69, 9.17) is 4.42 Å². The first kappa shape index (κ1) is 18.5. The highest BCUT2D eigenvalue weighted by molar-refractivity contribution is 5.97. The predicted molar refractivity (Wildman–Crippen MR) is 106 cm³/mol. The molecule has 0 bridgehead atoms. The molecule has 0 spiro atoms. The molecule has 6 heteroatoms. The Morgan fingerprint density at radius 1 is 1.07 bits per heavy atom. The van der Waals surface area contributed by atoms with Gasteiger partial charge in [-0.1, -0.05) is 18.2 Å². The van der Waals surface area contributed by atoms with E-state index >= 15 is 0 Å². The third kappa shape index (κ3) is 3.95. The number of aryl methyl sites for hydroxylation is 2. The van der Waals surface area contributed by atoms with Crippen molar-refractivity contribution >= 4 is 28.5 Å². The standard InChI is InChI=1S/C21H23N3O3/c1-13-8-9-18-16(12-27-20(18)14(13)2)11-19(25)22-23-21(26)15-6-5-7-17(10-15)24(3)4/h5-10,12H,11H2,1-4H3,(H,22,25)(H,23,26). The number of benzene rings is 2. The zero-order valence-electron chi connectivity index (χ0n) is 15.9. The molecule has 2 amide bonds. The Morgan fingerprint density at radius 2 is 1.85 bits per heavy atom. The zero-order chi connectivity index (χ0) is 19.6. The number of fused-ring (bicyclic) bond motifs is 1. The fourth-order valence-corrected chi connectivity index (χ4v) is 2.87. The number of nitrogens with zero attached hydrogens (tertiary/aromatic N) is 1. The van der Waals surface area contributed by atoms with Crippen LogP contribution in [0, 0.1) is 13.8 Å². The average molecular weight is 365 g/mol. The average Bonchev–Trinajstić information content (AvgIpc) is 3.06. The van der Waals surface area contributed by atoms with E-state index in [1.54, 1.807) is 24.5 Å². The number of rotatable bonds is 4. The molecule has 0 radical (unpaired) electrons. The summed E-state index contributed by atoms with van der Waals surface area (Å²) in [6.07, 6.45) is 1.71. The van der Waals surface area contributed by atoms with Crippen LogP contribution in [0.2, 0.25) is 0 Å². The number of amides is 2. The third-order valence-corrected chi connectivity index (χ3v) is 4.63. The van der Waals surface area contributed by atoms with Crippen LogP contribution in [0.1, 0.15) is 27.0 Å². The quantitative estimate of drug-likeness (QED) is 0.697. The number of anilines is 1. The lowest BCUT2D eigenvalue weighted by atomic mass is 10.0. The maximum Gasteiger partial charge on any atom is 0.269 e. The molecule has 0 fully saturated rings. The summed E-state index contributed by atoms with van der Waals surface area (Å²) < 4.78 is 5.62. The number of hydrogen-bond donors (Lipinski definition) is 2. The molecule has 0 atom stereocenters. The highest BCUT2D eigenvalue weighted by Gasteiger charge is 2.14. The Morgan fingerprint density at radius 3 is 2.59 bits per heavy atom. The van der Waals surface area contributed by atoms with Crippen LogP contribution in [0.5, 0.6) is 0 Å². The van der Waals surface area contributed by atoms with Crippen molar-refractivity contribution in [3.63, 3.8) is 0 Å². The van der Waals surface area contributed by atoms with Crippen molar-refractivity contribution in [3.8, 4) is 0 Å². The molecule has 6 nitrogen and oxygen atoms in total. The fraction of sp³-hybridized carbons (Fsp3) is 0.238. The van der Waals surface area contributed by atoms with E-state index in [1.165, 1.54) is 0 Å². The van der Waals surface area contributed by atoms with Gasteiger partial charge in [0.25, 0.3) is 5.91 Å². The highest BCUT2D eigenvalue weighted by Crippen LogP contribution is 2.26. The summed E-state index contributed by atoms with van der Waals surface area (Å²) in [7, 11) is 3.80. The topological polar surface area (TPSA) is 74.6 Å². The second-order valence-electron chi connectivity index (χ2n) is 6.77. The van der Waals surface area contributed by atoms with Gasteiger partial charge in [0.1, 0.15) is 5.58 Å². The van der Waals surface area contributed by atoms with Gasteiger partial charge in [0.2, 0.25) is 5.91 Å². The van der Waals surface area contributed by atoms with E-state index < -0.39 is 0 Å². The van der Waals surface area contributed by atoms with Gasteiger partial charge in [-0.15, -0.1) is 0 Å². The number of hydrogen-bond acceptors (Lipinski definition) is 4. The Labute approximate surface area is 158 Å². The molecule has 27 heavy (non-hydrogen) atoms. The number of nitrogens with one attached hydrogen (secondary N) is 2. The van der Waals surface area contributed by atoms with Crippen LogP contribution in [0.4, 0.5) is 5.69 Å². The smallest absolute Gasteiger partial charge is 0.269 e. The number of carbonyl (C=O) groups excluding carboxylic acids is 2. The molecule has 2 aromatic carbocycles. The molecule has 3 aromatic rings. The number of furan rings is 1.